The highest BCUT2D eigenvalue weighted by molar-refractivity contribution is 5.91. The van der Waals surface area contributed by atoms with E-state index in [1.807, 2.05) is 0 Å². The number of nitrogens with one attached hydrogen (secondary N) is 1. The van der Waals surface area contributed by atoms with Crippen molar-refractivity contribution in [3.63, 3.8) is 0 Å². The van der Waals surface area contributed by atoms with Gasteiger partial charge in [0.1, 0.15) is 5.75 Å². The highest BCUT2D eigenvalue weighted by atomic mass is 16.5. The Bertz CT molecular complexity index is 591. The fourth-order valence-corrected chi connectivity index (χ4v) is 3.00. The van der Waals surface area contributed by atoms with Crippen LogP contribution in [0.2, 0.25) is 0 Å². The van der Waals surface area contributed by atoms with E-state index >= 15 is 0 Å². The molecule has 1 N–H and O–H groups in total. The maximum absolute atomic E-state index is 5.76. The van der Waals surface area contributed by atoms with Crippen LogP contribution in [0.3, 0.4) is 0 Å². The average molecular weight is 285 g/mol. The minimum absolute atomic E-state index is 0.378. The molecule has 1 heterocycles. The van der Waals surface area contributed by atoms with Gasteiger partial charge in [-0.05, 0) is 36.3 Å². The van der Waals surface area contributed by atoms with Gasteiger partial charge in [0.2, 0.25) is 0 Å². The standard InChI is InChI=1S/C18H23NO2/c1-20-18-10-9-14(16-7-2-3-8-17(16)18)12-19-13-15-6-4-5-11-21-15/h2-3,7-10,15,19H,4-6,11-13H2,1H3. The molecule has 2 aromatic rings. The number of hydrogen-bond acceptors (Lipinski definition) is 3. The molecule has 2 aromatic carbocycles. The Morgan fingerprint density at radius 1 is 1.14 bits per heavy atom. The molecule has 0 bridgehead atoms. The first kappa shape index (κ1) is 14.4. The molecule has 112 valence electrons. The first-order valence-electron chi connectivity index (χ1n) is 7.75. The van der Waals surface area contributed by atoms with Gasteiger partial charge in [-0.3, -0.25) is 0 Å². The van der Waals surface area contributed by atoms with Gasteiger partial charge in [0, 0.05) is 25.1 Å². The molecule has 1 saturated heterocycles. The Labute approximate surface area is 126 Å². The quantitative estimate of drug-likeness (QED) is 0.912. The zero-order valence-corrected chi connectivity index (χ0v) is 12.6. The van der Waals surface area contributed by atoms with Crippen LogP contribution in [0.5, 0.6) is 5.75 Å². The molecule has 3 heteroatoms. The third kappa shape index (κ3) is 3.36. The van der Waals surface area contributed by atoms with E-state index in [0.717, 1.165) is 25.4 Å². The second-order valence-electron chi connectivity index (χ2n) is 5.59. The number of ether oxygens (including phenoxy) is 2. The molecule has 0 aromatic heterocycles. The van der Waals surface area contributed by atoms with Gasteiger partial charge in [-0.1, -0.05) is 30.3 Å². The van der Waals surface area contributed by atoms with Crippen LogP contribution in [0.1, 0.15) is 24.8 Å². The molecule has 0 aliphatic carbocycles. The number of rotatable bonds is 5. The smallest absolute Gasteiger partial charge is 0.126 e. The van der Waals surface area contributed by atoms with Gasteiger partial charge >= 0.3 is 0 Å². The maximum Gasteiger partial charge on any atom is 0.126 e. The summed E-state index contributed by atoms with van der Waals surface area (Å²) in [6.07, 6.45) is 4.05. The molecule has 1 fully saturated rings. The third-order valence-electron chi connectivity index (χ3n) is 4.16. The summed E-state index contributed by atoms with van der Waals surface area (Å²) in [6, 6.07) is 12.6. The summed E-state index contributed by atoms with van der Waals surface area (Å²) in [5.41, 5.74) is 1.31. The molecule has 1 aliphatic heterocycles. The van der Waals surface area contributed by atoms with Crippen molar-refractivity contribution in [1.29, 1.82) is 0 Å². The van der Waals surface area contributed by atoms with Crippen LogP contribution in [0.4, 0.5) is 0 Å². The lowest BCUT2D eigenvalue weighted by atomic mass is 10.0. The van der Waals surface area contributed by atoms with Crippen molar-refractivity contribution in [2.75, 3.05) is 20.3 Å². The van der Waals surface area contributed by atoms with Crippen LogP contribution in [0.25, 0.3) is 10.8 Å². The number of hydrogen-bond donors (Lipinski definition) is 1. The van der Waals surface area contributed by atoms with E-state index in [2.05, 4.69) is 41.7 Å². The monoisotopic (exact) mass is 285 g/mol. The van der Waals surface area contributed by atoms with Crippen molar-refractivity contribution in [2.24, 2.45) is 0 Å². The summed E-state index contributed by atoms with van der Waals surface area (Å²) in [7, 11) is 1.72. The second-order valence-corrected chi connectivity index (χ2v) is 5.59. The molecular weight excluding hydrogens is 262 g/mol. The van der Waals surface area contributed by atoms with Crippen molar-refractivity contribution in [2.45, 2.75) is 31.9 Å². The summed E-state index contributed by atoms with van der Waals surface area (Å²) >= 11 is 0. The summed E-state index contributed by atoms with van der Waals surface area (Å²) in [5.74, 6) is 0.935. The molecular formula is C18H23NO2. The van der Waals surface area contributed by atoms with E-state index in [-0.39, 0.29) is 0 Å². The van der Waals surface area contributed by atoms with Crippen LogP contribution in [0.15, 0.2) is 36.4 Å². The Morgan fingerprint density at radius 2 is 2.00 bits per heavy atom. The average Bonchev–Trinajstić information content (AvgIpc) is 2.56. The third-order valence-corrected chi connectivity index (χ3v) is 4.16. The number of fused-ring (bicyclic) bond motifs is 1. The minimum Gasteiger partial charge on any atom is -0.496 e. The van der Waals surface area contributed by atoms with Crippen LogP contribution in [-0.4, -0.2) is 26.4 Å². The molecule has 21 heavy (non-hydrogen) atoms. The molecule has 0 amide bonds. The van der Waals surface area contributed by atoms with Crippen molar-refractivity contribution in [1.82, 2.24) is 5.32 Å². The van der Waals surface area contributed by atoms with Crippen LogP contribution in [-0.2, 0) is 11.3 Å². The summed E-state index contributed by atoms with van der Waals surface area (Å²) in [6.45, 7) is 2.71. The predicted octanol–water partition coefficient (Wildman–Crippen LogP) is 3.51. The number of methoxy groups -OCH3 is 1. The Hall–Kier alpha value is -1.58. The van der Waals surface area contributed by atoms with Crippen LogP contribution < -0.4 is 10.1 Å². The van der Waals surface area contributed by atoms with Gasteiger partial charge in [0.15, 0.2) is 0 Å². The maximum atomic E-state index is 5.76. The lowest BCUT2D eigenvalue weighted by Crippen LogP contribution is -2.31. The molecule has 1 unspecified atom stereocenters. The van der Waals surface area contributed by atoms with Gasteiger partial charge in [-0.2, -0.15) is 0 Å². The van der Waals surface area contributed by atoms with Crippen molar-refractivity contribution < 1.29 is 9.47 Å². The minimum atomic E-state index is 0.378. The first-order chi connectivity index (χ1) is 10.4. The lowest BCUT2D eigenvalue weighted by Gasteiger charge is -2.23. The Balaban J connectivity index is 1.69. The van der Waals surface area contributed by atoms with Gasteiger partial charge in [0.25, 0.3) is 0 Å². The second kappa shape index (κ2) is 6.92. The number of benzene rings is 2. The highest BCUT2D eigenvalue weighted by Gasteiger charge is 2.13. The van der Waals surface area contributed by atoms with E-state index in [9.17, 15) is 0 Å². The summed E-state index contributed by atoms with van der Waals surface area (Å²) in [5, 5.41) is 5.97. The molecule has 3 rings (SSSR count). The normalized spacial score (nSPS) is 18.8. The molecule has 0 radical (unpaired) electrons. The first-order valence-corrected chi connectivity index (χ1v) is 7.75. The van der Waals surface area contributed by atoms with Gasteiger partial charge < -0.3 is 14.8 Å². The fourth-order valence-electron chi connectivity index (χ4n) is 3.00. The SMILES string of the molecule is COc1ccc(CNCC2CCCCO2)c2ccccc12. The summed E-state index contributed by atoms with van der Waals surface area (Å²) in [4.78, 5) is 0. The zero-order chi connectivity index (χ0) is 14.5. The van der Waals surface area contributed by atoms with Gasteiger partial charge in [-0.25, -0.2) is 0 Å². The van der Waals surface area contributed by atoms with Gasteiger partial charge in [-0.15, -0.1) is 0 Å². The van der Waals surface area contributed by atoms with Gasteiger partial charge in [0.05, 0.1) is 13.2 Å². The zero-order valence-electron chi connectivity index (χ0n) is 12.6. The Morgan fingerprint density at radius 3 is 2.76 bits per heavy atom. The Kier molecular flexibility index (Phi) is 4.73. The molecule has 1 aliphatic rings. The van der Waals surface area contributed by atoms with Crippen molar-refractivity contribution in [3.8, 4) is 5.75 Å². The van der Waals surface area contributed by atoms with Crippen LogP contribution >= 0.6 is 0 Å². The predicted molar refractivity (Wildman–Crippen MR) is 85.8 cm³/mol. The van der Waals surface area contributed by atoms with E-state index in [0.29, 0.717) is 6.10 Å². The molecule has 0 saturated carbocycles. The fraction of sp³-hybridized carbons (Fsp3) is 0.444. The van der Waals surface area contributed by atoms with Crippen molar-refractivity contribution >= 4 is 10.8 Å². The van der Waals surface area contributed by atoms with E-state index < -0.39 is 0 Å². The van der Waals surface area contributed by atoms with Crippen LogP contribution in [0, 0.1) is 0 Å². The summed E-state index contributed by atoms with van der Waals surface area (Å²) < 4.78 is 11.2. The topological polar surface area (TPSA) is 30.5 Å². The van der Waals surface area contributed by atoms with Crippen molar-refractivity contribution in [3.05, 3.63) is 42.0 Å². The van der Waals surface area contributed by atoms with E-state index in [1.165, 1.54) is 35.6 Å². The highest BCUT2D eigenvalue weighted by Crippen LogP contribution is 2.28. The van der Waals surface area contributed by atoms with E-state index in [4.69, 9.17) is 9.47 Å². The molecule has 3 nitrogen and oxygen atoms in total. The molecule has 1 atom stereocenters. The lowest BCUT2D eigenvalue weighted by molar-refractivity contribution is 0.0168. The largest absolute Gasteiger partial charge is 0.496 e. The van der Waals surface area contributed by atoms with E-state index in [1.54, 1.807) is 7.11 Å². The molecule has 0 spiro atoms.